The third-order valence-electron chi connectivity index (χ3n) is 3.79. The van der Waals surface area contributed by atoms with E-state index < -0.39 is 11.6 Å². The molecular weight excluding hydrogens is 320 g/mol. The molecule has 0 atom stereocenters. The molecule has 0 saturated heterocycles. The molecule has 25 heavy (non-hydrogen) atoms. The highest BCUT2D eigenvalue weighted by Gasteiger charge is 2.07. The predicted molar refractivity (Wildman–Crippen MR) is 95.4 cm³/mol. The van der Waals surface area contributed by atoms with Crippen LogP contribution in [0.5, 0.6) is 5.75 Å². The van der Waals surface area contributed by atoms with Gasteiger partial charge in [0.2, 0.25) is 0 Å². The Morgan fingerprint density at radius 3 is 2.48 bits per heavy atom. The monoisotopic (exact) mass is 339 g/mol. The summed E-state index contributed by atoms with van der Waals surface area (Å²) in [6.45, 7) is 1.91. The van der Waals surface area contributed by atoms with E-state index in [0.29, 0.717) is 25.3 Å². The molecule has 3 aromatic carbocycles. The highest BCUT2D eigenvalue weighted by Crippen LogP contribution is 2.24. The molecule has 0 aliphatic rings. The normalized spacial score (nSPS) is 10.6. The summed E-state index contributed by atoms with van der Waals surface area (Å²) in [4.78, 5) is 0. The van der Waals surface area contributed by atoms with Crippen molar-refractivity contribution >= 4 is 0 Å². The Kier molecular flexibility index (Phi) is 5.75. The minimum Gasteiger partial charge on any atom is -0.492 e. The highest BCUT2D eigenvalue weighted by molar-refractivity contribution is 5.64. The Balaban J connectivity index is 1.53. The second-order valence-electron chi connectivity index (χ2n) is 5.66. The standard InChI is InChI=1S/C21H19F2NO/c22-18-9-10-20(21(23)14-18)17-6-4-5-16(13-17)15-24-11-12-25-19-7-2-1-3-8-19/h1-10,13-14,24H,11-12,15H2. The lowest BCUT2D eigenvalue weighted by Gasteiger charge is -2.09. The van der Waals surface area contributed by atoms with Crippen LogP contribution in [-0.2, 0) is 6.54 Å². The van der Waals surface area contributed by atoms with Crippen molar-refractivity contribution in [2.45, 2.75) is 6.54 Å². The number of ether oxygens (including phenoxy) is 1. The second kappa shape index (κ2) is 8.40. The van der Waals surface area contributed by atoms with Crippen molar-refractivity contribution in [1.29, 1.82) is 0 Å². The van der Waals surface area contributed by atoms with Crippen LogP contribution in [-0.4, -0.2) is 13.2 Å². The van der Waals surface area contributed by atoms with Crippen LogP contribution < -0.4 is 10.1 Å². The van der Waals surface area contributed by atoms with E-state index in [1.165, 1.54) is 12.1 Å². The van der Waals surface area contributed by atoms with Gasteiger partial charge in [-0.1, -0.05) is 36.4 Å². The summed E-state index contributed by atoms with van der Waals surface area (Å²) in [5.41, 5.74) is 2.16. The average Bonchev–Trinajstić information content (AvgIpc) is 2.62. The molecule has 0 amide bonds. The smallest absolute Gasteiger partial charge is 0.133 e. The van der Waals surface area contributed by atoms with Crippen LogP contribution >= 0.6 is 0 Å². The van der Waals surface area contributed by atoms with Crippen molar-refractivity contribution in [3.8, 4) is 16.9 Å². The molecule has 3 rings (SSSR count). The van der Waals surface area contributed by atoms with Gasteiger partial charge in [-0.3, -0.25) is 0 Å². The number of hydrogen-bond acceptors (Lipinski definition) is 2. The van der Waals surface area contributed by atoms with Crippen LogP contribution in [0.4, 0.5) is 8.78 Å². The Morgan fingerprint density at radius 2 is 1.68 bits per heavy atom. The largest absolute Gasteiger partial charge is 0.492 e. The number of benzene rings is 3. The molecule has 0 aromatic heterocycles. The molecule has 0 unspecified atom stereocenters. The Labute approximate surface area is 146 Å². The molecule has 128 valence electrons. The van der Waals surface area contributed by atoms with E-state index in [9.17, 15) is 8.78 Å². The number of hydrogen-bond donors (Lipinski definition) is 1. The molecule has 4 heteroatoms. The molecule has 0 fully saturated rings. The first-order chi connectivity index (χ1) is 12.2. The van der Waals surface area contributed by atoms with Gasteiger partial charge in [0.1, 0.15) is 24.0 Å². The fourth-order valence-electron chi connectivity index (χ4n) is 2.56. The summed E-state index contributed by atoms with van der Waals surface area (Å²) in [5.74, 6) is -0.281. The fourth-order valence-corrected chi connectivity index (χ4v) is 2.56. The third kappa shape index (κ3) is 4.88. The van der Waals surface area contributed by atoms with E-state index in [1.807, 2.05) is 54.6 Å². The van der Waals surface area contributed by atoms with Gasteiger partial charge in [0.15, 0.2) is 0 Å². The summed E-state index contributed by atoms with van der Waals surface area (Å²) >= 11 is 0. The van der Waals surface area contributed by atoms with Crippen LogP contribution in [0.25, 0.3) is 11.1 Å². The first-order valence-corrected chi connectivity index (χ1v) is 8.15. The van der Waals surface area contributed by atoms with E-state index >= 15 is 0 Å². The maximum atomic E-state index is 13.9. The first kappa shape index (κ1) is 17.1. The van der Waals surface area contributed by atoms with Crippen LogP contribution in [0.1, 0.15) is 5.56 Å². The van der Waals surface area contributed by atoms with E-state index in [-0.39, 0.29) is 0 Å². The minimum atomic E-state index is -0.572. The molecule has 0 saturated carbocycles. The van der Waals surface area contributed by atoms with E-state index in [0.717, 1.165) is 22.9 Å². The maximum absolute atomic E-state index is 13.9. The molecule has 0 spiro atoms. The van der Waals surface area contributed by atoms with E-state index in [2.05, 4.69) is 5.32 Å². The van der Waals surface area contributed by atoms with Crippen molar-refractivity contribution in [1.82, 2.24) is 5.32 Å². The molecule has 0 heterocycles. The first-order valence-electron chi connectivity index (χ1n) is 8.15. The van der Waals surface area contributed by atoms with Gasteiger partial charge in [0, 0.05) is 24.7 Å². The second-order valence-corrected chi connectivity index (χ2v) is 5.66. The van der Waals surface area contributed by atoms with Crippen molar-refractivity contribution in [2.24, 2.45) is 0 Å². The molecular formula is C21H19F2NO. The van der Waals surface area contributed by atoms with Crippen LogP contribution in [0.2, 0.25) is 0 Å². The fraction of sp³-hybridized carbons (Fsp3) is 0.143. The zero-order chi connectivity index (χ0) is 17.5. The summed E-state index contributed by atoms with van der Waals surface area (Å²) in [6, 6.07) is 20.8. The van der Waals surface area contributed by atoms with Gasteiger partial charge in [-0.05, 0) is 41.5 Å². The SMILES string of the molecule is Fc1ccc(-c2cccc(CNCCOc3ccccc3)c2)c(F)c1. The van der Waals surface area contributed by atoms with Crippen LogP contribution in [0.3, 0.4) is 0 Å². The van der Waals surface area contributed by atoms with Gasteiger partial charge in [-0.15, -0.1) is 0 Å². The number of rotatable bonds is 7. The van der Waals surface area contributed by atoms with Gasteiger partial charge in [0.25, 0.3) is 0 Å². The molecule has 2 nitrogen and oxygen atoms in total. The highest BCUT2D eigenvalue weighted by atomic mass is 19.1. The number of nitrogens with one attached hydrogen (secondary N) is 1. The number of para-hydroxylation sites is 1. The van der Waals surface area contributed by atoms with Crippen molar-refractivity contribution in [3.63, 3.8) is 0 Å². The minimum absolute atomic E-state index is 0.399. The van der Waals surface area contributed by atoms with Gasteiger partial charge in [-0.2, -0.15) is 0 Å². The molecule has 0 radical (unpaired) electrons. The quantitative estimate of drug-likeness (QED) is 0.624. The maximum Gasteiger partial charge on any atom is 0.133 e. The van der Waals surface area contributed by atoms with E-state index in [1.54, 1.807) is 0 Å². The van der Waals surface area contributed by atoms with Gasteiger partial charge >= 0.3 is 0 Å². The lowest BCUT2D eigenvalue weighted by molar-refractivity contribution is 0.313. The van der Waals surface area contributed by atoms with Gasteiger partial charge in [-0.25, -0.2) is 8.78 Å². The zero-order valence-electron chi connectivity index (χ0n) is 13.7. The topological polar surface area (TPSA) is 21.3 Å². The Morgan fingerprint density at radius 1 is 0.840 bits per heavy atom. The lowest BCUT2D eigenvalue weighted by Crippen LogP contribution is -2.20. The van der Waals surface area contributed by atoms with Crippen LogP contribution in [0, 0.1) is 11.6 Å². The average molecular weight is 339 g/mol. The molecule has 3 aromatic rings. The summed E-state index contributed by atoms with van der Waals surface area (Å²) in [5, 5.41) is 3.30. The van der Waals surface area contributed by atoms with Crippen molar-refractivity contribution in [3.05, 3.63) is 90.0 Å². The van der Waals surface area contributed by atoms with Crippen molar-refractivity contribution < 1.29 is 13.5 Å². The summed E-state index contributed by atoms with van der Waals surface area (Å²) in [7, 11) is 0. The molecule has 0 bridgehead atoms. The molecule has 0 aliphatic heterocycles. The summed E-state index contributed by atoms with van der Waals surface area (Å²) in [6.07, 6.45) is 0. The zero-order valence-corrected chi connectivity index (χ0v) is 13.7. The molecule has 1 N–H and O–H groups in total. The Hall–Kier alpha value is -2.72. The third-order valence-corrected chi connectivity index (χ3v) is 3.79. The number of halogens is 2. The predicted octanol–water partition coefficient (Wildman–Crippen LogP) is 4.80. The lowest BCUT2D eigenvalue weighted by atomic mass is 10.0. The Bertz CT molecular complexity index is 821. The van der Waals surface area contributed by atoms with Gasteiger partial charge < -0.3 is 10.1 Å². The van der Waals surface area contributed by atoms with Crippen LogP contribution in [0.15, 0.2) is 72.8 Å². The molecule has 0 aliphatic carbocycles. The van der Waals surface area contributed by atoms with Gasteiger partial charge in [0.05, 0.1) is 0 Å². The summed E-state index contributed by atoms with van der Waals surface area (Å²) < 4.78 is 32.6. The van der Waals surface area contributed by atoms with E-state index in [4.69, 9.17) is 4.74 Å². The van der Waals surface area contributed by atoms with Crippen molar-refractivity contribution in [2.75, 3.05) is 13.2 Å².